The van der Waals surface area contributed by atoms with Gasteiger partial charge in [0, 0.05) is 26.2 Å². The Labute approximate surface area is 207 Å². The maximum absolute atomic E-state index is 13.2. The summed E-state index contributed by atoms with van der Waals surface area (Å²) in [5.41, 5.74) is 1.77. The molecular weight excluding hydrogens is 523 g/mol. The Hall–Kier alpha value is -1.90. The van der Waals surface area contributed by atoms with E-state index in [1.807, 2.05) is 17.8 Å². The van der Waals surface area contributed by atoms with Crippen molar-refractivity contribution in [2.45, 2.75) is 42.0 Å². The number of halogens is 2. The van der Waals surface area contributed by atoms with Gasteiger partial charge in [-0.3, -0.25) is 14.2 Å². The van der Waals surface area contributed by atoms with Gasteiger partial charge in [0.25, 0.3) is 0 Å². The van der Waals surface area contributed by atoms with Crippen LogP contribution in [0.2, 0.25) is 0 Å². The Morgan fingerprint density at radius 2 is 1.94 bits per heavy atom. The molecule has 1 aromatic heterocycles. The Kier molecular flexibility index (Phi) is 5.50. The number of rotatable bonds is 4. The average Bonchev–Trinajstić information content (AvgIpc) is 3.48. The predicted molar refractivity (Wildman–Crippen MR) is 134 cm³/mol. The summed E-state index contributed by atoms with van der Waals surface area (Å²) < 4.78 is 15.9. The number of fused-ring (bicyclic) bond motifs is 6. The summed E-state index contributed by atoms with van der Waals surface area (Å²) in [5.74, 6) is 1.49. The van der Waals surface area contributed by atoms with E-state index in [1.165, 1.54) is 60.4 Å². The SMILES string of the molecule is O=C(Cn1c2c(sc1=O)[C@@H](c1cccc(Br)c1)C1C3CCC(C3)C1S2)Nc1ccc(F)cc1. The van der Waals surface area contributed by atoms with E-state index >= 15 is 0 Å². The number of aromatic nitrogens is 1. The van der Waals surface area contributed by atoms with E-state index in [1.54, 1.807) is 4.57 Å². The van der Waals surface area contributed by atoms with Crippen LogP contribution in [0.3, 0.4) is 0 Å². The molecule has 8 heteroatoms. The highest BCUT2D eigenvalue weighted by atomic mass is 79.9. The molecule has 0 spiro atoms. The van der Waals surface area contributed by atoms with Crippen LogP contribution in [0.5, 0.6) is 0 Å². The largest absolute Gasteiger partial charge is 0.325 e. The third kappa shape index (κ3) is 3.80. The molecule has 0 saturated heterocycles. The van der Waals surface area contributed by atoms with Gasteiger partial charge in [0.2, 0.25) is 5.91 Å². The molecule has 4 unspecified atom stereocenters. The van der Waals surface area contributed by atoms with Crippen LogP contribution in [0.15, 0.2) is 62.8 Å². The average molecular weight is 545 g/mol. The van der Waals surface area contributed by atoms with Crippen molar-refractivity contribution >= 4 is 50.6 Å². The summed E-state index contributed by atoms with van der Waals surface area (Å²) in [5, 5.41) is 4.23. The zero-order valence-corrected chi connectivity index (χ0v) is 20.9. The fourth-order valence-electron chi connectivity index (χ4n) is 6.04. The minimum Gasteiger partial charge on any atom is -0.325 e. The second-order valence-electron chi connectivity index (χ2n) is 9.20. The zero-order chi connectivity index (χ0) is 22.7. The maximum atomic E-state index is 13.2. The Morgan fingerprint density at radius 3 is 2.73 bits per heavy atom. The smallest absolute Gasteiger partial charge is 0.308 e. The molecule has 1 N–H and O–H groups in total. The van der Waals surface area contributed by atoms with Crippen LogP contribution in [0.1, 0.15) is 35.6 Å². The first-order chi connectivity index (χ1) is 16.0. The van der Waals surface area contributed by atoms with Crippen LogP contribution in [0.4, 0.5) is 10.1 Å². The molecule has 2 saturated carbocycles. The molecule has 170 valence electrons. The number of amides is 1. The number of carbonyl (C=O) groups excluding carboxylic acids is 1. The Morgan fingerprint density at radius 1 is 1.15 bits per heavy atom. The highest BCUT2D eigenvalue weighted by molar-refractivity contribution is 9.10. The molecule has 2 aliphatic carbocycles. The van der Waals surface area contributed by atoms with Crippen LogP contribution >= 0.6 is 39.0 Å². The highest BCUT2D eigenvalue weighted by Gasteiger charge is 2.55. The van der Waals surface area contributed by atoms with Crippen molar-refractivity contribution in [3.05, 3.63) is 78.9 Å². The lowest BCUT2D eigenvalue weighted by molar-refractivity contribution is -0.116. The molecular formula is C25H22BrFN2O2S2. The minimum atomic E-state index is -0.355. The van der Waals surface area contributed by atoms with Gasteiger partial charge in [-0.15, -0.1) is 11.8 Å². The molecule has 3 aliphatic rings. The standard InChI is InChI=1S/C25H22BrFN2O2S2/c26-16-3-1-2-13(11-16)21-20-14-4-5-15(10-14)22(20)32-24-23(21)33-25(31)29(24)12-19(30)28-18-8-6-17(27)7-9-18/h1-3,6-9,11,14-15,20-22H,4-5,10,12H2,(H,28,30)/t14?,15?,20?,21-,22?/m0/s1. The van der Waals surface area contributed by atoms with Crippen molar-refractivity contribution in [2.75, 3.05) is 5.32 Å². The summed E-state index contributed by atoms with van der Waals surface area (Å²) in [7, 11) is 0. The number of hydrogen-bond acceptors (Lipinski definition) is 4. The molecule has 6 rings (SSSR count). The second-order valence-corrected chi connectivity index (χ2v) is 12.3. The molecule has 2 heterocycles. The lowest BCUT2D eigenvalue weighted by Gasteiger charge is -2.40. The molecule has 1 amide bonds. The number of carbonyl (C=O) groups is 1. The van der Waals surface area contributed by atoms with Gasteiger partial charge in [-0.05, 0) is 79.0 Å². The van der Waals surface area contributed by atoms with Crippen molar-refractivity contribution in [3.8, 4) is 0 Å². The normalized spacial score (nSPS) is 27.3. The number of hydrogen-bond donors (Lipinski definition) is 1. The van der Waals surface area contributed by atoms with Crippen molar-refractivity contribution in [1.82, 2.24) is 4.57 Å². The van der Waals surface area contributed by atoms with E-state index < -0.39 is 0 Å². The van der Waals surface area contributed by atoms with E-state index in [0.29, 0.717) is 28.7 Å². The Balaban J connectivity index is 1.37. The number of nitrogens with one attached hydrogen (secondary N) is 1. The number of thioether (sulfide) groups is 1. The fourth-order valence-corrected chi connectivity index (χ4v) is 9.61. The molecule has 33 heavy (non-hydrogen) atoms. The third-order valence-electron chi connectivity index (χ3n) is 7.33. The lowest BCUT2D eigenvalue weighted by Crippen LogP contribution is -2.34. The number of anilines is 1. The first-order valence-electron chi connectivity index (χ1n) is 11.2. The van der Waals surface area contributed by atoms with Crippen LogP contribution in [-0.2, 0) is 11.3 Å². The van der Waals surface area contributed by atoms with Crippen LogP contribution in [0, 0.1) is 23.6 Å². The second kappa shape index (κ2) is 8.40. The van der Waals surface area contributed by atoms with Crippen molar-refractivity contribution in [2.24, 2.45) is 17.8 Å². The molecule has 2 fully saturated rings. The molecule has 3 aromatic rings. The van der Waals surface area contributed by atoms with Crippen molar-refractivity contribution in [1.29, 1.82) is 0 Å². The van der Waals surface area contributed by atoms with Crippen LogP contribution in [-0.4, -0.2) is 15.7 Å². The number of benzene rings is 2. The maximum Gasteiger partial charge on any atom is 0.308 e. The van der Waals surface area contributed by atoms with E-state index in [2.05, 4.69) is 39.4 Å². The summed E-state index contributed by atoms with van der Waals surface area (Å²) in [6.45, 7) is -0.0360. The Bertz CT molecular complexity index is 1290. The molecule has 2 aromatic carbocycles. The minimum absolute atomic E-state index is 0.0360. The van der Waals surface area contributed by atoms with Crippen molar-refractivity contribution < 1.29 is 9.18 Å². The highest BCUT2D eigenvalue weighted by Crippen LogP contribution is 2.64. The van der Waals surface area contributed by atoms with E-state index in [-0.39, 0.29) is 29.1 Å². The van der Waals surface area contributed by atoms with Crippen molar-refractivity contribution in [3.63, 3.8) is 0 Å². The molecule has 2 bridgehead atoms. The number of nitrogens with zero attached hydrogens (tertiary/aromatic N) is 1. The monoisotopic (exact) mass is 544 g/mol. The van der Waals surface area contributed by atoms with Gasteiger partial charge in [0.05, 0.1) is 5.03 Å². The van der Waals surface area contributed by atoms with Gasteiger partial charge in [-0.2, -0.15) is 0 Å². The summed E-state index contributed by atoms with van der Waals surface area (Å²) in [6, 6.07) is 14.1. The lowest BCUT2D eigenvalue weighted by atomic mass is 9.75. The van der Waals surface area contributed by atoms with E-state index in [4.69, 9.17) is 0 Å². The van der Waals surface area contributed by atoms with Gasteiger partial charge in [-0.25, -0.2) is 4.39 Å². The fraction of sp³-hybridized carbons (Fsp3) is 0.360. The molecule has 0 radical (unpaired) electrons. The molecule has 5 atom stereocenters. The summed E-state index contributed by atoms with van der Waals surface area (Å²) in [6.07, 6.45) is 3.82. The first-order valence-corrected chi connectivity index (χ1v) is 13.7. The third-order valence-corrected chi connectivity index (χ3v) is 10.6. The molecule has 1 aliphatic heterocycles. The topological polar surface area (TPSA) is 51.1 Å². The van der Waals surface area contributed by atoms with Gasteiger partial charge in [0.15, 0.2) is 0 Å². The van der Waals surface area contributed by atoms with Crippen LogP contribution in [0.25, 0.3) is 0 Å². The van der Waals surface area contributed by atoms with Gasteiger partial charge >= 0.3 is 4.87 Å². The zero-order valence-electron chi connectivity index (χ0n) is 17.7. The predicted octanol–water partition coefficient (Wildman–Crippen LogP) is 6.10. The molecule has 4 nitrogen and oxygen atoms in total. The first kappa shape index (κ1) is 21.6. The van der Waals surface area contributed by atoms with Gasteiger partial charge in [0.1, 0.15) is 12.4 Å². The van der Waals surface area contributed by atoms with Crippen LogP contribution < -0.4 is 10.2 Å². The van der Waals surface area contributed by atoms with E-state index in [0.717, 1.165) is 14.4 Å². The number of thiazole rings is 1. The van der Waals surface area contributed by atoms with Gasteiger partial charge < -0.3 is 5.32 Å². The van der Waals surface area contributed by atoms with Gasteiger partial charge in [-0.1, -0.05) is 39.4 Å². The summed E-state index contributed by atoms with van der Waals surface area (Å²) >= 11 is 6.74. The summed E-state index contributed by atoms with van der Waals surface area (Å²) in [4.78, 5) is 26.9. The van der Waals surface area contributed by atoms with E-state index in [9.17, 15) is 14.0 Å². The quantitative estimate of drug-likeness (QED) is 0.431.